The molecule has 1 aliphatic rings. The summed E-state index contributed by atoms with van der Waals surface area (Å²) in [6.07, 6.45) is 2.39. The van der Waals surface area contributed by atoms with Crippen molar-refractivity contribution in [2.24, 2.45) is 0 Å². The molecule has 0 spiro atoms. The predicted octanol–water partition coefficient (Wildman–Crippen LogP) is 0.914. The van der Waals surface area contributed by atoms with Crippen LogP contribution in [0.3, 0.4) is 0 Å². The lowest BCUT2D eigenvalue weighted by Gasteiger charge is -2.19. The highest BCUT2D eigenvalue weighted by molar-refractivity contribution is 7.91. The SMILES string of the molecule is COCCNCc1nnc(C2CCCCS2(=O)=O)s1. The second-order valence-electron chi connectivity index (χ2n) is 4.56. The van der Waals surface area contributed by atoms with E-state index < -0.39 is 15.1 Å². The third kappa shape index (κ3) is 3.95. The van der Waals surface area contributed by atoms with Gasteiger partial charge in [0.25, 0.3) is 0 Å². The van der Waals surface area contributed by atoms with Crippen molar-refractivity contribution in [1.29, 1.82) is 0 Å². The van der Waals surface area contributed by atoms with E-state index in [0.717, 1.165) is 24.4 Å². The summed E-state index contributed by atoms with van der Waals surface area (Å²) in [6.45, 7) is 1.99. The van der Waals surface area contributed by atoms with Gasteiger partial charge in [-0.2, -0.15) is 0 Å². The van der Waals surface area contributed by atoms with E-state index in [4.69, 9.17) is 4.74 Å². The van der Waals surface area contributed by atoms with Crippen molar-refractivity contribution in [2.45, 2.75) is 31.1 Å². The molecule has 1 unspecified atom stereocenters. The molecule has 1 aliphatic heterocycles. The van der Waals surface area contributed by atoms with Crippen LogP contribution in [0.1, 0.15) is 34.5 Å². The lowest BCUT2D eigenvalue weighted by Crippen LogP contribution is -2.21. The predicted molar refractivity (Wildman–Crippen MR) is 73.9 cm³/mol. The van der Waals surface area contributed by atoms with Crippen molar-refractivity contribution in [3.05, 3.63) is 10.0 Å². The minimum atomic E-state index is -3.02. The molecule has 0 aliphatic carbocycles. The normalized spacial score (nSPS) is 22.5. The topological polar surface area (TPSA) is 81.2 Å². The molecule has 0 bridgehead atoms. The summed E-state index contributed by atoms with van der Waals surface area (Å²) < 4.78 is 28.9. The molecule has 2 heterocycles. The molecule has 108 valence electrons. The monoisotopic (exact) mass is 305 g/mol. The molecule has 1 aromatic rings. The van der Waals surface area contributed by atoms with Crippen LogP contribution in [0.5, 0.6) is 0 Å². The van der Waals surface area contributed by atoms with Gasteiger partial charge in [-0.05, 0) is 12.8 Å². The van der Waals surface area contributed by atoms with E-state index >= 15 is 0 Å². The lowest BCUT2D eigenvalue weighted by atomic mass is 10.2. The largest absolute Gasteiger partial charge is 0.383 e. The molecule has 0 radical (unpaired) electrons. The maximum atomic E-state index is 12.0. The smallest absolute Gasteiger partial charge is 0.159 e. The van der Waals surface area contributed by atoms with Crippen molar-refractivity contribution < 1.29 is 13.2 Å². The first-order valence-electron chi connectivity index (χ1n) is 6.37. The van der Waals surface area contributed by atoms with Gasteiger partial charge in [0.2, 0.25) is 0 Å². The second kappa shape index (κ2) is 6.74. The third-order valence-corrected chi connectivity index (χ3v) is 6.47. The van der Waals surface area contributed by atoms with Crippen molar-refractivity contribution >= 4 is 21.2 Å². The number of ether oxygens (including phenoxy) is 1. The molecule has 0 aromatic carbocycles. The van der Waals surface area contributed by atoms with Crippen LogP contribution in [-0.4, -0.2) is 44.6 Å². The molecule has 1 aromatic heterocycles. The standard InChI is InChI=1S/C11H19N3O3S2/c1-17-6-5-12-8-10-13-14-11(18-10)9-4-2-3-7-19(9,15)16/h9,12H,2-8H2,1H3. The zero-order chi connectivity index (χ0) is 13.7. The molecule has 0 saturated carbocycles. The van der Waals surface area contributed by atoms with Gasteiger partial charge in [0, 0.05) is 20.2 Å². The summed E-state index contributed by atoms with van der Waals surface area (Å²) in [5, 5.41) is 12.3. The summed E-state index contributed by atoms with van der Waals surface area (Å²) in [5.41, 5.74) is 0. The fourth-order valence-electron chi connectivity index (χ4n) is 2.07. The molecule has 8 heteroatoms. The van der Waals surface area contributed by atoms with Gasteiger partial charge in [0.1, 0.15) is 15.3 Å². The molecule has 1 fully saturated rings. The Labute approximate surface area is 117 Å². The quantitative estimate of drug-likeness (QED) is 0.787. The minimum Gasteiger partial charge on any atom is -0.383 e. The number of nitrogens with one attached hydrogen (secondary N) is 1. The van der Waals surface area contributed by atoms with E-state index in [1.54, 1.807) is 7.11 Å². The van der Waals surface area contributed by atoms with E-state index in [2.05, 4.69) is 15.5 Å². The van der Waals surface area contributed by atoms with Gasteiger partial charge in [-0.15, -0.1) is 10.2 Å². The molecular formula is C11H19N3O3S2. The van der Waals surface area contributed by atoms with E-state index in [0.29, 0.717) is 24.6 Å². The number of hydrogen-bond acceptors (Lipinski definition) is 7. The van der Waals surface area contributed by atoms with Crippen LogP contribution in [0.2, 0.25) is 0 Å². The third-order valence-electron chi connectivity index (χ3n) is 3.10. The van der Waals surface area contributed by atoms with E-state index in [9.17, 15) is 8.42 Å². The molecule has 1 N–H and O–H groups in total. The number of hydrogen-bond donors (Lipinski definition) is 1. The van der Waals surface area contributed by atoms with Crippen LogP contribution in [0.4, 0.5) is 0 Å². The summed E-state index contributed by atoms with van der Waals surface area (Å²) >= 11 is 1.40. The van der Waals surface area contributed by atoms with Gasteiger partial charge in [-0.25, -0.2) is 8.42 Å². The molecule has 1 atom stereocenters. The Balaban J connectivity index is 1.96. The van der Waals surface area contributed by atoms with Gasteiger partial charge in [0.05, 0.1) is 12.4 Å². The average molecular weight is 305 g/mol. The summed E-state index contributed by atoms with van der Waals surface area (Å²) in [6, 6.07) is 0. The van der Waals surface area contributed by atoms with Crippen LogP contribution < -0.4 is 5.32 Å². The number of aromatic nitrogens is 2. The van der Waals surface area contributed by atoms with E-state index in [1.807, 2.05) is 0 Å². The van der Waals surface area contributed by atoms with Gasteiger partial charge in [0.15, 0.2) is 9.84 Å². The first-order valence-corrected chi connectivity index (χ1v) is 8.90. The molecule has 2 rings (SSSR count). The number of sulfone groups is 1. The van der Waals surface area contributed by atoms with Crippen LogP contribution >= 0.6 is 11.3 Å². The van der Waals surface area contributed by atoms with Crippen LogP contribution in [0.25, 0.3) is 0 Å². The molecule has 0 amide bonds. The van der Waals surface area contributed by atoms with Crippen LogP contribution in [-0.2, 0) is 21.1 Å². The van der Waals surface area contributed by atoms with E-state index in [-0.39, 0.29) is 5.75 Å². The van der Waals surface area contributed by atoms with Crippen LogP contribution in [0.15, 0.2) is 0 Å². The zero-order valence-corrected chi connectivity index (χ0v) is 12.6. The number of nitrogens with zero attached hydrogens (tertiary/aromatic N) is 2. The van der Waals surface area contributed by atoms with Gasteiger partial charge in [-0.3, -0.25) is 0 Å². The van der Waals surface area contributed by atoms with Gasteiger partial charge < -0.3 is 10.1 Å². The molecule has 6 nitrogen and oxygen atoms in total. The molecule has 1 saturated heterocycles. The second-order valence-corrected chi connectivity index (χ2v) is 7.95. The van der Waals surface area contributed by atoms with Crippen LogP contribution in [0, 0.1) is 0 Å². The lowest BCUT2D eigenvalue weighted by molar-refractivity contribution is 0.199. The highest BCUT2D eigenvalue weighted by Crippen LogP contribution is 2.34. The van der Waals surface area contributed by atoms with Crippen molar-refractivity contribution in [2.75, 3.05) is 26.0 Å². The fourth-order valence-corrected chi connectivity index (χ4v) is 5.25. The molecule has 19 heavy (non-hydrogen) atoms. The zero-order valence-electron chi connectivity index (χ0n) is 11.0. The van der Waals surface area contributed by atoms with Crippen molar-refractivity contribution in [3.63, 3.8) is 0 Å². The van der Waals surface area contributed by atoms with Gasteiger partial charge >= 0.3 is 0 Å². The Hall–Kier alpha value is -0.570. The Kier molecular flexibility index (Phi) is 5.26. The summed E-state index contributed by atoms with van der Waals surface area (Å²) in [4.78, 5) is 0. The average Bonchev–Trinajstić information content (AvgIpc) is 2.82. The Morgan fingerprint density at radius 1 is 1.42 bits per heavy atom. The minimum absolute atomic E-state index is 0.276. The first-order chi connectivity index (χ1) is 9.13. The fraction of sp³-hybridized carbons (Fsp3) is 0.818. The highest BCUT2D eigenvalue weighted by atomic mass is 32.2. The number of rotatable bonds is 6. The Morgan fingerprint density at radius 3 is 3.00 bits per heavy atom. The van der Waals surface area contributed by atoms with E-state index in [1.165, 1.54) is 11.3 Å². The van der Waals surface area contributed by atoms with Crippen molar-refractivity contribution in [3.8, 4) is 0 Å². The number of methoxy groups -OCH3 is 1. The highest BCUT2D eigenvalue weighted by Gasteiger charge is 2.32. The Bertz CT molecular complexity index is 501. The Morgan fingerprint density at radius 2 is 2.26 bits per heavy atom. The van der Waals surface area contributed by atoms with Crippen molar-refractivity contribution in [1.82, 2.24) is 15.5 Å². The summed E-state index contributed by atoms with van der Waals surface area (Å²) in [7, 11) is -1.37. The maximum Gasteiger partial charge on any atom is 0.159 e. The first kappa shape index (κ1) is 14.8. The maximum absolute atomic E-state index is 12.0. The molecular weight excluding hydrogens is 286 g/mol. The van der Waals surface area contributed by atoms with Gasteiger partial charge in [-0.1, -0.05) is 17.8 Å². The summed E-state index contributed by atoms with van der Waals surface area (Å²) in [5.74, 6) is 0.276.